The third-order valence-corrected chi connectivity index (χ3v) is 5.79. The molecule has 0 heterocycles. The van der Waals surface area contributed by atoms with Crippen LogP contribution in [0.25, 0.3) is 0 Å². The van der Waals surface area contributed by atoms with Gasteiger partial charge in [0.15, 0.2) is 0 Å². The molecular formula is C15H24N2O3S. The van der Waals surface area contributed by atoms with Crippen molar-refractivity contribution < 1.29 is 13.2 Å². The zero-order chi connectivity index (χ0) is 15.5. The van der Waals surface area contributed by atoms with E-state index in [1.807, 2.05) is 6.92 Å². The van der Waals surface area contributed by atoms with Gasteiger partial charge in [0.25, 0.3) is 0 Å². The van der Waals surface area contributed by atoms with E-state index in [9.17, 15) is 8.42 Å². The van der Waals surface area contributed by atoms with Gasteiger partial charge in [0.05, 0.1) is 12.0 Å². The zero-order valence-electron chi connectivity index (χ0n) is 12.6. The summed E-state index contributed by atoms with van der Waals surface area (Å²) in [6, 6.07) is 4.75. The topological polar surface area (TPSA) is 81.4 Å². The van der Waals surface area contributed by atoms with Crippen molar-refractivity contribution >= 4 is 10.0 Å². The molecule has 2 rings (SSSR count). The lowest BCUT2D eigenvalue weighted by molar-refractivity contribution is 0.409. The number of ether oxygens (including phenoxy) is 1. The summed E-state index contributed by atoms with van der Waals surface area (Å²) >= 11 is 0. The Morgan fingerprint density at radius 3 is 2.62 bits per heavy atom. The first-order valence-electron chi connectivity index (χ1n) is 7.37. The second-order valence-electron chi connectivity index (χ2n) is 5.63. The van der Waals surface area contributed by atoms with Crippen molar-refractivity contribution in [3.05, 3.63) is 23.8 Å². The third-order valence-electron chi connectivity index (χ3n) is 4.23. The molecule has 3 N–H and O–H groups in total. The molecule has 0 amide bonds. The summed E-state index contributed by atoms with van der Waals surface area (Å²) in [5.41, 5.74) is 6.33. The van der Waals surface area contributed by atoms with E-state index in [4.69, 9.17) is 10.5 Å². The number of sulfonamides is 1. The third kappa shape index (κ3) is 3.75. The summed E-state index contributed by atoms with van der Waals surface area (Å²) in [6.45, 7) is 2.19. The van der Waals surface area contributed by atoms with Gasteiger partial charge in [-0.2, -0.15) is 0 Å². The minimum atomic E-state index is -3.52. The molecule has 0 aromatic heterocycles. The van der Waals surface area contributed by atoms with Gasteiger partial charge >= 0.3 is 0 Å². The number of rotatable bonds is 6. The van der Waals surface area contributed by atoms with Gasteiger partial charge in [0.2, 0.25) is 10.0 Å². The van der Waals surface area contributed by atoms with Crippen LogP contribution in [0.15, 0.2) is 23.1 Å². The maximum absolute atomic E-state index is 12.5. The van der Waals surface area contributed by atoms with Gasteiger partial charge in [-0.05, 0) is 43.9 Å². The summed E-state index contributed by atoms with van der Waals surface area (Å²) in [6.07, 6.45) is 4.58. The van der Waals surface area contributed by atoms with Crippen molar-refractivity contribution in [3.8, 4) is 5.75 Å². The highest BCUT2D eigenvalue weighted by Gasteiger charge is 2.26. The summed E-state index contributed by atoms with van der Waals surface area (Å²) in [5, 5.41) is 0. The number of nitrogens with one attached hydrogen (secondary N) is 1. The molecule has 1 aliphatic rings. The first-order valence-corrected chi connectivity index (χ1v) is 8.85. The fourth-order valence-electron chi connectivity index (χ4n) is 2.95. The smallest absolute Gasteiger partial charge is 0.240 e. The molecular weight excluding hydrogens is 288 g/mol. The van der Waals surface area contributed by atoms with Gasteiger partial charge in [0.1, 0.15) is 5.75 Å². The molecule has 118 valence electrons. The second-order valence-corrected chi connectivity index (χ2v) is 7.35. The first-order chi connectivity index (χ1) is 9.97. The number of hydrogen-bond acceptors (Lipinski definition) is 4. The maximum Gasteiger partial charge on any atom is 0.240 e. The molecule has 1 aliphatic carbocycles. The van der Waals surface area contributed by atoms with Crippen LogP contribution in [0.1, 0.15) is 38.2 Å². The molecule has 1 unspecified atom stereocenters. The summed E-state index contributed by atoms with van der Waals surface area (Å²) in [5.74, 6) is 1.05. The monoisotopic (exact) mass is 312 g/mol. The van der Waals surface area contributed by atoms with Crippen LogP contribution in [-0.4, -0.2) is 21.6 Å². The molecule has 1 saturated carbocycles. The largest absolute Gasteiger partial charge is 0.496 e. The molecule has 1 aromatic rings. The molecule has 0 radical (unpaired) electrons. The summed E-state index contributed by atoms with van der Waals surface area (Å²) in [7, 11) is -1.97. The Labute approximate surface area is 126 Å². The number of benzene rings is 1. The Morgan fingerprint density at radius 2 is 2.05 bits per heavy atom. The Balaban J connectivity index is 2.18. The zero-order valence-corrected chi connectivity index (χ0v) is 13.4. The van der Waals surface area contributed by atoms with Crippen LogP contribution in [0.3, 0.4) is 0 Å². The molecule has 5 nitrogen and oxygen atoms in total. The van der Waals surface area contributed by atoms with E-state index in [-0.39, 0.29) is 17.5 Å². The normalized spacial score (nSPS) is 17.9. The van der Waals surface area contributed by atoms with E-state index in [0.29, 0.717) is 17.2 Å². The molecule has 0 spiro atoms. The second kappa shape index (κ2) is 6.77. The Hall–Kier alpha value is -1.11. The van der Waals surface area contributed by atoms with E-state index in [1.54, 1.807) is 25.3 Å². The van der Waals surface area contributed by atoms with Gasteiger partial charge in [0, 0.05) is 18.2 Å². The van der Waals surface area contributed by atoms with Gasteiger partial charge in [-0.1, -0.05) is 12.8 Å². The maximum atomic E-state index is 12.5. The number of nitrogens with two attached hydrogens (primary N) is 1. The van der Waals surface area contributed by atoms with Crippen LogP contribution in [0.2, 0.25) is 0 Å². The van der Waals surface area contributed by atoms with Crippen LogP contribution in [0, 0.1) is 5.92 Å². The van der Waals surface area contributed by atoms with E-state index in [1.165, 1.54) is 12.8 Å². The predicted octanol–water partition coefficient (Wildman–Crippen LogP) is 2.01. The lowest BCUT2D eigenvalue weighted by Crippen LogP contribution is -2.37. The highest BCUT2D eigenvalue weighted by atomic mass is 32.2. The molecule has 1 aromatic carbocycles. The van der Waals surface area contributed by atoms with E-state index in [0.717, 1.165) is 12.8 Å². The standard InChI is InChI=1S/C15H24N2O3S/c1-11(12-5-3-4-6-12)17-21(18,19)14-7-8-15(20-2)13(9-14)10-16/h7-9,11-12,17H,3-6,10,16H2,1-2H3. The minimum absolute atomic E-state index is 0.0408. The Bertz CT molecular complexity index is 581. The van der Waals surface area contributed by atoms with Crippen LogP contribution in [0.5, 0.6) is 5.75 Å². The predicted molar refractivity (Wildman–Crippen MR) is 82.6 cm³/mol. The molecule has 6 heteroatoms. The average molecular weight is 312 g/mol. The van der Waals surface area contributed by atoms with E-state index in [2.05, 4.69) is 4.72 Å². The van der Waals surface area contributed by atoms with Gasteiger partial charge in [-0.3, -0.25) is 0 Å². The molecule has 1 fully saturated rings. The average Bonchev–Trinajstić information content (AvgIpc) is 3.00. The fraction of sp³-hybridized carbons (Fsp3) is 0.600. The van der Waals surface area contributed by atoms with E-state index >= 15 is 0 Å². The van der Waals surface area contributed by atoms with Crippen LogP contribution in [-0.2, 0) is 16.6 Å². The fourth-order valence-corrected chi connectivity index (χ4v) is 4.31. The SMILES string of the molecule is COc1ccc(S(=O)(=O)NC(C)C2CCCC2)cc1CN. The summed E-state index contributed by atoms with van der Waals surface area (Å²) < 4.78 is 32.9. The van der Waals surface area contributed by atoms with Crippen LogP contribution in [0.4, 0.5) is 0 Å². The summed E-state index contributed by atoms with van der Waals surface area (Å²) in [4.78, 5) is 0.244. The quantitative estimate of drug-likeness (QED) is 0.842. The van der Waals surface area contributed by atoms with Crippen LogP contribution < -0.4 is 15.2 Å². The highest BCUT2D eigenvalue weighted by Crippen LogP contribution is 2.29. The van der Waals surface area contributed by atoms with Crippen LogP contribution >= 0.6 is 0 Å². The van der Waals surface area contributed by atoms with Crippen molar-refractivity contribution in [2.24, 2.45) is 11.7 Å². The molecule has 21 heavy (non-hydrogen) atoms. The molecule has 1 atom stereocenters. The van der Waals surface area contributed by atoms with Gasteiger partial charge in [-0.15, -0.1) is 0 Å². The van der Waals surface area contributed by atoms with Gasteiger partial charge < -0.3 is 10.5 Å². The first kappa shape index (κ1) is 16.3. The molecule has 0 saturated heterocycles. The Morgan fingerprint density at radius 1 is 1.38 bits per heavy atom. The van der Waals surface area contributed by atoms with E-state index < -0.39 is 10.0 Å². The van der Waals surface area contributed by atoms with Crippen molar-refractivity contribution in [2.45, 2.75) is 50.1 Å². The number of methoxy groups -OCH3 is 1. The van der Waals surface area contributed by atoms with Crippen molar-refractivity contribution in [1.82, 2.24) is 4.72 Å². The lowest BCUT2D eigenvalue weighted by Gasteiger charge is -2.20. The molecule has 0 aliphatic heterocycles. The minimum Gasteiger partial charge on any atom is -0.496 e. The van der Waals surface area contributed by atoms with Crippen molar-refractivity contribution in [1.29, 1.82) is 0 Å². The van der Waals surface area contributed by atoms with Crippen molar-refractivity contribution in [3.63, 3.8) is 0 Å². The molecule has 0 bridgehead atoms. The van der Waals surface area contributed by atoms with Crippen molar-refractivity contribution in [2.75, 3.05) is 7.11 Å². The highest BCUT2D eigenvalue weighted by molar-refractivity contribution is 7.89. The van der Waals surface area contributed by atoms with Gasteiger partial charge in [-0.25, -0.2) is 13.1 Å². The lowest BCUT2D eigenvalue weighted by atomic mass is 10.0. The number of hydrogen-bond donors (Lipinski definition) is 2. The Kier molecular flexibility index (Phi) is 5.24.